The SMILES string of the molecule is COc1ccc(-c2cc(C(=O)N3CCCN(S(C)(=O)=O)CC3)c3ccccc3n2)cc1. The van der Waals surface area contributed by atoms with Crippen LogP contribution in [-0.2, 0) is 10.0 Å². The fourth-order valence-corrected chi connectivity index (χ4v) is 4.73. The molecule has 0 aliphatic carbocycles. The number of pyridine rings is 1. The molecule has 8 heteroatoms. The molecule has 0 spiro atoms. The van der Waals surface area contributed by atoms with Crippen LogP contribution in [0.2, 0.25) is 0 Å². The summed E-state index contributed by atoms with van der Waals surface area (Å²) >= 11 is 0. The lowest BCUT2D eigenvalue weighted by Gasteiger charge is -2.22. The van der Waals surface area contributed by atoms with E-state index in [-0.39, 0.29) is 5.91 Å². The largest absolute Gasteiger partial charge is 0.497 e. The van der Waals surface area contributed by atoms with Gasteiger partial charge in [0.15, 0.2) is 0 Å². The van der Waals surface area contributed by atoms with Crippen molar-refractivity contribution in [3.8, 4) is 17.0 Å². The molecule has 4 rings (SSSR count). The summed E-state index contributed by atoms with van der Waals surface area (Å²) in [6.07, 6.45) is 1.81. The normalized spacial score (nSPS) is 15.6. The van der Waals surface area contributed by atoms with E-state index >= 15 is 0 Å². The van der Waals surface area contributed by atoms with Crippen LogP contribution in [0.3, 0.4) is 0 Å². The summed E-state index contributed by atoms with van der Waals surface area (Å²) in [4.78, 5) is 20.0. The number of fused-ring (bicyclic) bond motifs is 1. The predicted molar refractivity (Wildman–Crippen MR) is 121 cm³/mol. The third-order valence-corrected chi connectivity index (χ3v) is 6.85. The number of hydrogen-bond donors (Lipinski definition) is 0. The highest BCUT2D eigenvalue weighted by atomic mass is 32.2. The Hall–Kier alpha value is -2.97. The number of nitrogens with zero attached hydrogens (tertiary/aromatic N) is 3. The first-order valence-corrected chi connectivity index (χ1v) is 12.0. The van der Waals surface area contributed by atoms with Gasteiger partial charge in [0.1, 0.15) is 5.75 Å². The number of carbonyl (C=O) groups is 1. The highest BCUT2D eigenvalue weighted by Crippen LogP contribution is 2.27. The van der Waals surface area contributed by atoms with Crippen LogP contribution < -0.4 is 4.74 Å². The van der Waals surface area contributed by atoms with Crippen LogP contribution in [0, 0.1) is 0 Å². The summed E-state index contributed by atoms with van der Waals surface area (Å²) in [7, 11) is -1.65. The summed E-state index contributed by atoms with van der Waals surface area (Å²) in [5.41, 5.74) is 2.91. The minimum Gasteiger partial charge on any atom is -0.497 e. The van der Waals surface area contributed by atoms with E-state index in [2.05, 4.69) is 0 Å². The topological polar surface area (TPSA) is 79.8 Å². The summed E-state index contributed by atoms with van der Waals surface area (Å²) in [5, 5.41) is 0.786. The van der Waals surface area contributed by atoms with Crippen molar-refractivity contribution in [3.63, 3.8) is 0 Å². The van der Waals surface area contributed by atoms with E-state index in [9.17, 15) is 13.2 Å². The van der Waals surface area contributed by atoms with Gasteiger partial charge in [-0.1, -0.05) is 18.2 Å². The highest BCUT2D eigenvalue weighted by Gasteiger charge is 2.26. The Morgan fingerprint density at radius 2 is 1.74 bits per heavy atom. The van der Waals surface area contributed by atoms with Gasteiger partial charge < -0.3 is 9.64 Å². The van der Waals surface area contributed by atoms with Gasteiger partial charge in [-0.25, -0.2) is 17.7 Å². The Morgan fingerprint density at radius 1 is 1.00 bits per heavy atom. The second-order valence-electron chi connectivity index (χ2n) is 7.61. The fourth-order valence-electron chi connectivity index (χ4n) is 3.86. The van der Waals surface area contributed by atoms with E-state index in [0.29, 0.717) is 43.9 Å². The van der Waals surface area contributed by atoms with Crippen LogP contribution in [-0.4, -0.2) is 68.1 Å². The van der Waals surface area contributed by atoms with Gasteiger partial charge in [0.25, 0.3) is 5.91 Å². The molecule has 0 bridgehead atoms. The van der Waals surface area contributed by atoms with Gasteiger partial charge >= 0.3 is 0 Å². The summed E-state index contributed by atoms with van der Waals surface area (Å²) in [5.74, 6) is 0.643. The molecule has 1 aliphatic heterocycles. The molecule has 0 unspecified atom stereocenters. The molecule has 1 aliphatic rings. The lowest BCUT2D eigenvalue weighted by atomic mass is 10.0. The van der Waals surface area contributed by atoms with Gasteiger partial charge in [0.05, 0.1) is 30.1 Å². The average molecular weight is 440 g/mol. The van der Waals surface area contributed by atoms with Crippen molar-refractivity contribution in [1.82, 2.24) is 14.2 Å². The smallest absolute Gasteiger partial charge is 0.254 e. The fraction of sp³-hybridized carbons (Fsp3) is 0.304. The van der Waals surface area contributed by atoms with Crippen molar-refractivity contribution in [2.24, 2.45) is 0 Å². The molecule has 7 nitrogen and oxygen atoms in total. The quantitative estimate of drug-likeness (QED) is 0.624. The maximum absolute atomic E-state index is 13.5. The summed E-state index contributed by atoms with van der Waals surface area (Å²) in [6, 6.07) is 17.0. The number of amides is 1. The van der Waals surface area contributed by atoms with Crippen molar-refractivity contribution in [2.45, 2.75) is 6.42 Å². The van der Waals surface area contributed by atoms with Crippen molar-refractivity contribution in [3.05, 3.63) is 60.2 Å². The predicted octanol–water partition coefficient (Wildman–Crippen LogP) is 3.02. The van der Waals surface area contributed by atoms with Gasteiger partial charge in [0.2, 0.25) is 10.0 Å². The molecule has 1 fully saturated rings. The number of aromatic nitrogens is 1. The minimum atomic E-state index is -3.27. The molecule has 0 N–H and O–H groups in total. The van der Waals surface area contributed by atoms with Crippen LogP contribution in [0.4, 0.5) is 0 Å². The van der Waals surface area contributed by atoms with E-state index in [4.69, 9.17) is 9.72 Å². The van der Waals surface area contributed by atoms with E-state index in [1.165, 1.54) is 10.6 Å². The number of ether oxygens (including phenoxy) is 1. The first-order chi connectivity index (χ1) is 14.9. The zero-order valence-corrected chi connectivity index (χ0v) is 18.4. The molecule has 0 atom stereocenters. The maximum atomic E-state index is 13.5. The number of hydrogen-bond acceptors (Lipinski definition) is 5. The number of benzene rings is 2. The van der Waals surface area contributed by atoms with E-state index in [1.807, 2.05) is 54.6 Å². The molecule has 1 aromatic heterocycles. The molecule has 31 heavy (non-hydrogen) atoms. The van der Waals surface area contributed by atoms with Gasteiger partial charge in [0, 0.05) is 37.1 Å². The molecular weight excluding hydrogens is 414 g/mol. The molecule has 3 aromatic rings. The monoisotopic (exact) mass is 439 g/mol. The molecule has 0 radical (unpaired) electrons. The van der Waals surface area contributed by atoms with Crippen LogP contribution in [0.5, 0.6) is 5.75 Å². The van der Waals surface area contributed by atoms with Crippen molar-refractivity contribution in [2.75, 3.05) is 39.5 Å². The summed E-state index contributed by atoms with van der Waals surface area (Å²) in [6.45, 7) is 1.61. The number of sulfonamides is 1. The van der Waals surface area contributed by atoms with E-state index in [1.54, 1.807) is 12.0 Å². The van der Waals surface area contributed by atoms with Crippen molar-refractivity contribution >= 4 is 26.8 Å². The molecule has 0 saturated carbocycles. The second-order valence-corrected chi connectivity index (χ2v) is 9.59. The standard InChI is InChI=1S/C23H25N3O4S/c1-30-18-10-8-17(9-11-18)22-16-20(19-6-3-4-7-21(19)24-22)23(27)25-12-5-13-26(15-14-25)31(2,28)29/h3-4,6-11,16H,5,12-15H2,1-2H3. The third-order valence-electron chi connectivity index (χ3n) is 5.54. The second kappa shape index (κ2) is 8.64. The van der Waals surface area contributed by atoms with Crippen LogP contribution in [0.1, 0.15) is 16.8 Å². The maximum Gasteiger partial charge on any atom is 0.254 e. The van der Waals surface area contributed by atoms with Gasteiger partial charge in [-0.05, 0) is 42.8 Å². The minimum absolute atomic E-state index is 0.108. The molecule has 162 valence electrons. The lowest BCUT2D eigenvalue weighted by molar-refractivity contribution is 0.0766. The lowest BCUT2D eigenvalue weighted by Crippen LogP contribution is -2.37. The number of rotatable bonds is 4. The van der Waals surface area contributed by atoms with Gasteiger partial charge in [-0.3, -0.25) is 4.79 Å². The first kappa shape index (κ1) is 21.3. The van der Waals surface area contributed by atoms with E-state index < -0.39 is 10.0 Å². The average Bonchev–Trinajstić information content (AvgIpc) is 3.04. The van der Waals surface area contributed by atoms with Crippen LogP contribution in [0.15, 0.2) is 54.6 Å². The highest BCUT2D eigenvalue weighted by molar-refractivity contribution is 7.88. The Morgan fingerprint density at radius 3 is 2.45 bits per heavy atom. The van der Waals surface area contributed by atoms with Gasteiger partial charge in [-0.15, -0.1) is 0 Å². The first-order valence-electron chi connectivity index (χ1n) is 10.2. The third kappa shape index (κ3) is 4.55. The Labute approximate surface area is 182 Å². The molecule has 1 saturated heterocycles. The van der Waals surface area contributed by atoms with Crippen molar-refractivity contribution < 1.29 is 17.9 Å². The molecule has 1 amide bonds. The Balaban J connectivity index is 1.71. The number of para-hydroxylation sites is 1. The zero-order valence-electron chi connectivity index (χ0n) is 17.6. The van der Waals surface area contributed by atoms with Crippen LogP contribution in [0.25, 0.3) is 22.2 Å². The Kier molecular flexibility index (Phi) is 5.93. The Bertz CT molecular complexity index is 1210. The van der Waals surface area contributed by atoms with Gasteiger partial charge in [-0.2, -0.15) is 0 Å². The number of carbonyl (C=O) groups excluding carboxylic acids is 1. The molecule has 2 aromatic carbocycles. The number of methoxy groups -OCH3 is 1. The van der Waals surface area contributed by atoms with Crippen molar-refractivity contribution in [1.29, 1.82) is 0 Å². The molecular formula is C23H25N3O4S. The summed E-state index contributed by atoms with van der Waals surface area (Å²) < 4.78 is 30.5. The van der Waals surface area contributed by atoms with Crippen LogP contribution >= 0.6 is 0 Å². The van der Waals surface area contributed by atoms with E-state index in [0.717, 1.165) is 22.2 Å². The zero-order chi connectivity index (χ0) is 22.0. The molecule has 2 heterocycles.